The summed E-state index contributed by atoms with van der Waals surface area (Å²) in [4.78, 5) is 46.9. The van der Waals surface area contributed by atoms with E-state index in [4.69, 9.17) is 4.74 Å². The lowest BCUT2D eigenvalue weighted by Gasteiger charge is -2.36. The van der Waals surface area contributed by atoms with Gasteiger partial charge in [-0.3, -0.25) is 14.5 Å². The van der Waals surface area contributed by atoms with Crippen LogP contribution in [0.25, 0.3) is 0 Å². The third-order valence-corrected chi connectivity index (χ3v) is 8.49. The van der Waals surface area contributed by atoms with E-state index in [2.05, 4.69) is 32.4 Å². The number of nitrogens with zero attached hydrogens (tertiary/aromatic N) is 5. The normalized spacial score (nSPS) is 21.3. The first-order valence-electron chi connectivity index (χ1n) is 13.0. The summed E-state index contributed by atoms with van der Waals surface area (Å²) in [6.45, 7) is 6.54. The lowest BCUT2D eigenvalue weighted by Crippen LogP contribution is -2.53. The Morgan fingerprint density at radius 2 is 2.10 bits per heavy atom. The molecule has 3 aliphatic heterocycles. The van der Waals surface area contributed by atoms with Gasteiger partial charge in [-0.05, 0) is 61.7 Å². The Balaban J connectivity index is 1.23. The monoisotopic (exact) mass is 557 g/mol. The number of piperidine rings is 1. The molecule has 1 saturated heterocycles. The van der Waals surface area contributed by atoms with Gasteiger partial charge in [0.15, 0.2) is 0 Å². The molecule has 12 heteroatoms. The summed E-state index contributed by atoms with van der Waals surface area (Å²) in [6.07, 6.45) is 6.10. The van der Waals surface area contributed by atoms with Crippen LogP contribution in [-0.4, -0.2) is 62.3 Å². The summed E-state index contributed by atoms with van der Waals surface area (Å²) in [7, 11) is 0. The number of hydrogen-bond donors (Lipinski definition) is 2. The van der Waals surface area contributed by atoms with Gasteiger partial charge in [0.05, 0.1) is 17.4 Å². The predicted octanol–water partition coefficient (Wildman–Crippen LogP) is 3.64. The van der Waals surface area contributed by atoms with Crippen molar-refractivity contribution in [2.24, 2.45) is 0 Å². The fourth-order valence-corrected chi connectivity index (χ4v) is 6.61. The fourth-order valence-electron chi connectivity index (χ4n) is 5.38. The van der Waals surface area contributed by atoms with Crippen molar-refractivity contribution >= 4 is 41.0 Å². The second-order valence-electron chi connectivity index (χ2n) is 9.80. The molecule has 0 radical (unpaired) electrons. The molecule has 11 nitrogen and oxygen atoms in total. The second kappa shape index (κ2) is 10.6. The molecule has 0 spiro atoms. The smallest absolute Gasteiger partial charge is 0.327 e. The largest absolute Gasteiger partial charge is 0.438 e. The fraction of sp³-hybridized carbons (Fsp3) is 0.286. The highest BCUT2D eigenvalue weighted by molar-refractivity contribution is 8.01. The minimum Gasteiger partial charge on any atom is -0.438 e. The number of carbonyl (C=O) groups excluding carboxylic acids is 3. The van der Waals surface area contributed by atoms with Gasteiger partial charge in [0.2, 0.25) is 17.7 Å². The zero-order valence-electron chi connectivity index (χ0n) is 21.7. The number of nitrogens with one attached hydrogen (secondary N) is 2. The Morgan fingerprint density at radius 1 is 1.23 bits per heavy atom. The van der Waals surface area contributed by atoms with E-state index < -0.39 is 11.3 Å². The van der Waals surface area contributed by atoms with E-state index in [1.54, 1.807) is 46.5 Å². The van der Waals surface area contributed by atoms with E-state index in [0.717, 1.165) is 24.0 Å². The van der Waals surface area contributed by atoms with Crippen molar-refractivity contribution in [1.82, 2.24) is 30.7 Å². The minimum absolute atomic E-state index is 0.140. The third kappa shape index (κ3) is 4.75. The number of rotatable bonds is 6. The number of ether oxygens (including phenoxy) is 1. The topological polar surface area (TPSA) is 130 Å². The number of pyridine rings is 1. The van der Waals surface area contributed by atoms with Crippen LogP contribution in [0.4, 0.5) is 16.2 Å². The maximum Gasteiger partial charge on any atom is 0.327 e. The van der Waals surface area contributed by atoms with E-state index in [1.165, 1.54) is 17.8 Å². The molecule has 40 heavy (non-hydrogen) atoms. The first-order chi connectivity index (χ1) is 19.4. The van der Waals surface area contributed by atoms with Crippen LogP contribution in [0.1, 0.15) is 30.0 Å². The van der Waals surface area contributed by atoms with Gasteiger partial charge >= 0.3 is 6.03 Å². The average molecular weight is 558 g/mol. The molecule has 2 aromatic heterocycles. The van der Waals surface area contributed by atoms with Crippen molar-refractivity contribution in [3.8, 4) is 11.6 Å². The van der Waals surface area contributed by atoms with Crippen molar-refractivity contribution in [2.45, 2.75) is 42.1 Å². The quantitative estimate of drug-likeness (QED) is 0.440. The molecule has 4 amide bonds. The van der Waals surface area contributed by atoms with E-state index >= 15 is 0 Å². The van der Waals surface area contributed by atoms with Crippen LogP contribution in [0.3, 0.4) is 0 Å². The van der Waals surface area contributed by atoms with Gasteiger partial charge in [-0.2, -0.15) is 5.10 Å². The first-order valence-corrected chi connectivity index (χ1v) is 13.8. The molecule has 3 aromatic rings. The Bertz CT molecular complexity index is 1500. The zero-order valence-corrected chi connectivity index (χ0v) is 22.6. The molecule has 2 unspecified atom stereocenters. The van der Waals surface area contributed by atoms with Crippen molar-refractivity contribution < 1.29 is 19.1 Å². The number of hydrogen-bond acceptors (Lipinski definition) is 8. The second-order valence-corrected chi connectivity index (χ2v) is 10.9. The van der Waals surface area contributed by atoms with Gasteiger partial charge in [0, 0.05) is 43.2 Å². The van der Waals surface area contributed by atoms with Crippen LogP contribution in [0.15, 0.2) is 66.5 Å². The SMILES string of the molecule is C=CC(=O)N1CCCC(NC(=O)[C@@H]2Sc3nccc4c3C2NC(=O)N4c2ccc(Oc3cccnn3)cc2C)C1. The molecule has 1 fully saturated rings. The minimum atomic E-state index is -0.580. The number of anilines is 2. The summed E-state index contributed by atoms with van der Waals surface area (Å²) in [5.41, 5.74) is 3.01. The molecule has 6 rings (SSSR count). The van der Waals surface area contributed by atoms with Gasteiger partial charge in [-0.1, -0.05) is 18.3 Å². The van der Waals surface area contributed by atoms with Gasteiger partial charge in [-0.15, -0.1) is 5.10 Å². The number of benzene rings is 1. The van der Waals surface area contributed by atoms with Crippen molar-refractivity contribution in [3.63, 3.8) is 0 Å². The molecule has 1 aromatic carbocycles. The molecule has 0 bridgehead atoms. The molecular formula is C28H27N7O4S. The van der Waals surface area contributed by atoms with E-state index in [9.17, 15) is 14.4 Å². The summed E-state index contributed by atoms with van der Waals surface area (Å²) in [5, 5.41) is 14.0. The Morgan fingerprint density at radius 3 is 2.88 bits per heavy atom. The Kier molecular flexibility index (Phi) is 6.84. The van der Waals surface area contributed by atoms with Crippen LogP contribution in [0, 0.1) is 6.92 Å². The van der Waals surface area contributed by atoms with Crippen molar-refractivity contribution in [3.05, 3.63) is 72.6 Å². The molecule has 3 atom stereocenters. The summed E-state index contributed by atoms with van der Waals surface area (Å²) in [5.74, 6) is 0.612. The molecule has 3 aliphatic rings. The maximum atomic E-state index is 13.5. The average Bonchev–Trinajstić information content (AvgIpc) is 3.33. The van der Waals surface area contributed by atoms with E-state index in [-0.39, 0.29) is 23.9 Å². The molecule has 2 N–H and O–H groups in total. The van der Waals surface area contributed by atoms with Crippen LogP contribution in [0.2, 0.25) is 0 Å². The summed E-state index contributed by atoms with van der Waals surface area (Å²) < 4.78 is 5.80. The van der Waals surface area contributed by atoms with Crippen LogP contribution in [0.5, 0.6) is 11.6 Å². The molecule has 0 aliphatic carbocycles. The number of thioether (sulfide) groups is 1. The molecule has 5 heterocycles. The number of urea groups is 1. The first kappa shape index (κ1) is 25.8. The third-order valence-electron chi connectivity index (χ3n) is 7.20. The molecular weight excluding hydrogens is 530 g/mol. The summed E-state index contributed by atoms with van der Waals surface area (Å²) >= 11 is 1.34. The number of likely N-dealkylation sites (tertiary alicyclic amines) is 1. The van der Waals surface area contributed by atoms with Crippen LogP contribution in [-0.2, 0) is 9.59 Å². The van der Waals surface area contributed by atoms with E-state index in [1.807, 2.05) is 19.1 Å². The van der Waals surface area contributed by atoms with Crippen LogP contribution >= 0.6 is 11.8 Å². The highest BCUT2D eigenvalue weighted by atomic mass is 32.2. The van der Waals surface area contributed by atoms with Crippen LogP contribution < -0.4 is 20.3 Å². The summed E-state index contributed by atoms with van der Waals surface area (Å²) in [6, 6.07) is 9.65. The van der Waals surface area contributed by atoms with Gasteiger partial charge < -0.3 is 20.3 Å². The Labute approximate surface area is 235 Å². The van der Waals surface area contributed by atoms with Gasteiger partial charge in [0.25, 0.3) is 0 Å². The number of aryl methyl sites for hydroxylation is 1. The van der Waals surface area contributed by atoms with Gasteiger partial charge in [-0.25, -0.2) is 9.78 Å². The number of amides is 4. The maximum absolute atomic E-state index is 13.5. The highest BCUT2D eigenvalue weighted by Crippen LogP contribution is 2.51. The van der Waals surface area contributed by atoms with Crippen molar-refractivity contribution in [2.75, 3.05) is 18.0 Å². The zero-order chi connectivity index (χ0) is 27.8. The standard InChI is InChI=1S/C28H27N7O4S/c1-3-22(36)34-13-5-6-17(15-34)31-26(37)25-24-23-20(10-12-29-27(23)40-25)35(28(38)32-24)19-9-8-18(14-16(19)2)39-21-7-4-11-30-33-21/h3-4,7-12,14,17,24-25H,1,5-6,13,15H2,2H3,(H,31,37)(H,32,38)/t17?,24?,25-/m1/s1. The predicted molar refractivity (Wildman–Crippen MR) is 149 cm³/mol. The highest BCUT2D eigenvalue weighted by Gasteiger charge is 2.47. The van der Waals surface area contributed by atoms with Crippen molar-refractivity contribution in [1.29, 1.82) is 0 Å². The lowest BCUT2D eigenvalue weighted by molar-refractivity contribution is -0.129. The van der Waals surface area contributed by atoms with Gasteiger partial charge in [0.1, 0.15) is 16.0 Å². The van der Waals surface area contributed by atoms with E-state index in [0.29, 0.717) is 41.1 Å². The number of aromatic nitrogens is 3. The lowest BCUT2D eigenvalue weighted by atomic mass is 9.98. The molecule has 0 saturated carbocycles. The Hall–Kier alpha value is -4.45. The molecule has 204 valence electrons. The number of carbonyl (C=O) groups is 3.